The summed E-state index contributed by atoms with van der Waals surface area (Å²) in [6.07, 6.45) is -8.96. The largest absolute Gasteiger partial charge is 0.416 e. The fourth-order valence-electron chi connectivity index (χ4n) is 3.94. The molecule has 0 bridgehead atoms. The number of aldehydes is 1. The Kier molecular flexibility index (Phi) is 7.61. The molecule has 2 aromatic rings. The van der Waals surface area contributed by atoms with Crippen molar-refractivity contribution < 1.29 is 40.6 Å². The fourth-order valence-corrected chi connectivity index (χ4v) is 3.94. The molecule has 0 saturated carbocycles. The molecular weight excluding hydrogens is 438 g/mol. The third-order valence-corrected chi connectivity index (χ3v) is 5.48. The van der Waals surface area contributed by atoms with Gasteiger partial charge >= 0.3 is 12.4 Å². The van der Waals surface area contributed by atoms with Crippen molar-refractivity contribution in [3.8, 4) is 0 Å². The van der Waals surface area contributed by atoms with E-state index in [1.165, 1.54) is 0 Å². The first-order valence-electron chi connectivity index (χ1n) is 10.1. The minimum atomic E-state index is -4.90. The predicted molar refractivity (Wildman–Crippen MR) is 104 cm³/mol. The summed E-state index contributed by atoms with van der Waals surface area (Å²) >= 11 is 0. The molecule has 0 radical (unpaired) electrons. The third-order valence-electron chi connectivity index (χ3n) is 5.48. The van der Waals surface area contributed by atoms with Gasteiger partial charge in [-0.2, -0.15) is 26.3 Å². The molecule has 174 valence electrons. The Morgan fingerprint density at radius 1 is 0.969 bits per heavy atom. The highest BCUT2D eigenvalue weighted by Gasteiger charge is 2.38. The number of carbonyl (C=O) groups excluding carboxylic acids is 1. The number of halogens is 6. The van der Waals surface area contributed by atoms with Crippen LogP contribution in [-0.2, 0) is 33.0 Å². The van der Waals surface area contributed by atoms with Crippen LogP contribution in [0.2, 0.25) is 0 Å². The highest BCUT2D eigenvalue weighted by molar-refractivity contribution is 5.50. The van der Waals surface area contributed by atoms with Crippen LogP contribution >= 0.6 is 0 Å². The Bertz CT molecular complexity index is 863. The average Bonchev–Trinajstić information content (AvgIpc) is 2.73. The van der Waals surface area contributed by atoms with Crippen molar-refractivity contribution in [2.75, 3.05) is 13.2 Å². The van der Waals surface area contributed by atoms with E-state index >= 15 is 0 Å². The van der Waals surface area contributed by atoms with E-state index in [1.54, 1.807) is 0 Å². The zero-order chi connectivity index (χ0) is 23.4. The predicted octanol–water partition coefficient (Wildman–Crippen LogP) is 6.02. The van der Waals surface area contributed by atoms with Crippen molar-refractivity contribution in [2.45, 2.75) is 43.8 Å². The third kappa shape index (κ3) is 6.10. The lowest BCUT2D eigenvalue weighted by Gasteiger charge is -2.37. The fraction of sp³-hybridized carbons (Fsp3) is 0.435. The van der Waals surface area contributed by atoms with E-state index in [2.05, 4.69) is 0 Å². The van der Waals surface area contributed by atoms with Gasteiger partial charge in [-0.05, 0) is 48.1 Å². The van der Waals surface area contributed by atoms with Gasteiger partial charge in [-0.3, -0.25) is 0 Å². The Hall–Kier alpha value is -2.39. The van der Waals surface area contributed by atoms with Gasteiger partial charge in [0.25, 0.3) is 0 Å². The Morgan fingerprint density at radius 3 is 2.16 bits per heavy atom. The van der Waals surface area contributed by atoms with E-state index in [1.807, 2.05) is 30.3 Å². The van der Waals surface area contributed by atoms with Crippen LogP contribution in [0.4, 0.5) is 26.3 Å². The molecule has 2 unspecified atom stereocenters. The summed E-state index contributed by atoms with van der Waals surface area (Å²) in [6, 6.07) is 10.7. The van der Waals surface area contributed by atoms with Gasteiger partial charge < -0.3 is 14.3 Å². The molecular formula is C23H22F6O3. The monoisotopic (exact) mass is 460 g/mol. The van der Waals surface area contributed by atoms with E-state index in [0.29, 0.717) is 31.6 Å². The lowest BCUT2D eigenvalue weighted by atomic mass is 9.80. The van der Waals surface area contributed by atoms with Gasteiger partial charge in [0.05, 0.1) is 24.3 Å². The molecule has 9 heteroatoms. The van der Waals surface area contributed by atoms with Gasteiger partial charge in [0.15, 0.2) is 6.29 Å². The van der Waals surface area contributed by atoms with Crippen molar-refractivity contribution in [1.29, 1.82) is 0 Å². The van der Waals surface area contributed by atoms with Crippen LogP contribution < -0.4 is 0 Å². The summed E-state index contributed by atoms with van der Waals surface area (Å²) in [5.74, 6) is -0.318. The molecule has 0 aromatic heterocycles. The second-order valence-electron chi connectivity index (χ2n) is 7.66. The maximum absolute atomic E-state index is 13.1. The minimum Gasteiger partial charge on any atom is -0.352 e. The number of hydrogen-bond acceptors (Lipinski definition) is 3. The van der Waals surface area contributed by atoms with Gasteiger partial charge in [-0.25, -0.2) is 0 Å². The van der Waals surface area contributed by atoms with E-state index in [0.717, 1.165) is 11.8 Å². The van der Waals surface area contributed by atoms with E-state index in [-0.39, 0.29) is 36.5 Å². The first-order valence-corrected chi connectivity index (χ1v) is 10.1. The molecule has 1 saturated heterocycles. The molecule has 0 spiro atoms. The summed E-state index contributed by atoms with van der Waals surface area (Å²) in [4.78, 5) is 11.1. The number of rotatable bonds is 7. The van der Waals surface area contributed by atoms with Crippen LogP contribution in [0.25, 0.3) is 0 Å². The summed E-state index contributed by atoms with van der Waals surface area (Å²) in [5, 5.41) is 0. The molecule has 0 amide bonds. The number of alkyl halides is 6. The lowest BCUT2D eigenvalue weighted by molar-refractivity contribution is -0.187. The Balaban J connectivity index is 1.76. The maximum Gasteiger partial charge on any atom is 0.416 e. The molecule has 3 atom stereocenters. The molecule has 32 heavy (non-hydrogen) atoms. The smallest absolute Gasteiger partial charge is 0.352 e. The Morgan fingerprint density at radius 2 is 1.59 bits per heavy atom. The van der Waals surface area contributed by atoms with Crippen molar-refractivity contribution in [3.63, 3.8) is 0 Å². The van der Waals surface area contributed by atoms with Crippen LogP contribution in [0.5, 0.6) is 0 Å². The van der Waals surface area contributed by atoms with E-state index in [9.17, 15) is 31.1 Å². The van der Waals surface area contributed by atoms with E-state index in [4.69, 9.17) is 9.47 Å². The van der Waals surface area contributed by atoms with Gasteiger partial charge in [-0.15, -0.1) is 0 Å². The van der Waals surface area contributed by atoms with E-state index < -0.39 is 29.8 Å². The zero-order valence-electron chi connectivity index (χ0n) is 17.0. The van der Waals surface area contributed by atoms with Crippen LogP contribution in [-0.4, -0.2) is 25.8 Å². The van der Waals surface area contributed by atoms with Gasteiger partial charge in [0.1, 0.15) is 6.29 Å². The lowest BCUT2D eigenvalue weighted by Crippen LogP contribution is -2.37. The normalized spacial score (nSPS) is 22.0. The topological polar surface area (TPSA) is 35.5 Å². The van der Waals surface area contributed by atoms with Crippen LogP contribution in [0.15, 0.2) is 48.5 Å². The average molecular weight is 460 g/mol. The van der Waals surface area contributed by atoms with Crippen LogP contribution in [0, 0.1) is 5.92 Å². The van der Waals surface area contributed by atoms with Gasteiger partial charge in [0.2, 0.25) is 0 Å². The highest BCUT2D eigenvalue weighted by atomic mass is 19.4. The summed E-state index contributed by atoms with van der Waals surface area (Å²) in [6.45, 7) is 0.203. The van der Waals surface area contributed by atoms with Crippen molar-refractivity contribution >= 4 is 6.29 Å². The molecule has 3 nitrogen and oxygen atoms in total. The summed E-state index contributed by atoms with van der Waals surface area (Å²) in [7, 11) is 0. The summed E-state index contributed by atoms with van der Waals surface area (Å²) < 4.78 is 89.8. The minimum absolute atomic E-state index is 0.0426. The molecule has 1 fully saturated rings. The second-order valence-corrected chi connectivity index (χ2v) is 7.66. The molecule has 2 aromatic carbocycles. The van der Waals surface area contributed by atoms with Crippen LogP contribution in [0.1, 0.15) is 41.0 Å². The summed E-state index contributed by atoms with van der Waals surface area (Å²) in [5.41, 5.74) is -1.96. The van der Waals surface area contributed by atoms with Crippen LogP contribution in [0.3, 0.4) is 0 Å². The molecule has 0 N–H and O–H groups in total. The first-order chi connectivity index (χ1) is 15.1. The standard InChI is InChI=1S/C23H22F6O3/c24-22(25,26)18-12-15(13-19(14-18)23(27,28)29)7-10-31-21-20(16-4-2-1-3-5-16)17(6-9-30)8-11-32-21/h1-5,9,12-14,17,20-21H,6-8,10-11H2/t17?,20?,21-/m0/s1. The molecule has 3 rings (SSSR count). The van der Waals surface area contributed by atoms with Crippen molar-refractivity contribution in [1.82, 2.24) is 0 Å². The Labute approximate surface area is 181 Å². The van der Waals surface area contributed by atoms with Gasteiger partial charge in [-0.1, -0.05) is 30.3 Å². The zero-order valence-corrected chi connectivity index (χ0v) is 17.0. The SMILES string of the molecule is O=CCC1CCO[C@H](OCCc2cc(C(F)(F)F)cc(C(F)(F)F)c2)C1c1ccccc1. The van der Waals surface area contributed by atoms with Crippen molar-refractivity contribution in [3.05, 3.63) is 70.8 Å². The van der Waals surface area contributed by atoms with Crippen molar-refractivity contribution in [2.24, 2.45) is 5.92 Å². The number of carbonyl (C=O) groups is 1. The highest BCUT2D eigenvalue weighted by Crippen LogP contribution is 2.39. The van der Waals surface area contributed by atoms with Gasteiger partial charge in [0, 0.05) is 12.3 Å². The first kappa shape index (κ1) is 24.3. The maximum atomic E-state index is 13.1. The second kappa shape index (κ2) is 10.0. The quantitative estimate of drug-likeness (QED) is 0.375. The molecule has 1 aliphatic rings. The number of hydrogen-bond donors (Lipinski definition) is 0. The number of ether oxygens (including phenoxy) is 2. The molecule has 1 heterocycles. The molecule has 0 aliphatic carbocycles. The number of benzene rings is 2. The molecule has 1 aliphatic heterocycles.